The van der Waals surface area contributed by atoms with Crippen molar-refractivity contribution < 1.29 is 17.6 Å². The fourth-order valence-electron chi connectivity index (χ4n) is 2.72. The predicted molar refractivity (Wildman–Crippen MR) is 105 cm³/mol. The second-order valence-corrected chi connectivity index (χ2v) is 8.48. The smallest absolute Gasteiger partial charge is 0.243 e. The number of anilines is 1. The third kappa shape index (κ3) is 4.86. The first kappa shape index (κ1) is 21.3. The van der Waals surface area contributed by atoms with E-state index >= 15 is 0 Å². The summed E-state index contributed by atoms with van der Waals surface area (Å²) in [6.45, 7) is 3.52. The second-order valence-electron chi connectivity index (χ2n) is 6.03. The van der Waals surface area contributed by atoms with Crippen molar-refractivity contribution >= 4 is 33.2 Å². The monoisotopic (exact) mass is 412 g/mol. The van der Waals surface area contributed by atoms with Gasteiger partial charge in [0.1, 0.15) is 5.82 Å². The second kappa shape index (κ2) is 8.82. The third-order valence-electron chi connectivity index (χ3n) is 4.23. The highest BCUT2D eigenvalue weighted by Crippen LogP contribution is 2.29. The van der Waals surface area contributed by atoms with Crippen LogP contribution in [-0.2, 0) is 27.7 Å². The van der Waals surface area contributed by atoms with Crippen LogP contribution in [0.15, 0.2) is 41.3 Å². The van der Waals surface area contributed by atoms with Crippen LogP contribution in [0.4, 0.5) is 10.1 Å². The number of halogens is 2. The lowest BCUT2D eigenvalue weighted by Crippen LogP contribution is -2.35. The van der Waals surface area contributed by atoms with Gasteiger partial charge in [-0.25, -0.2) is 12.8 Å². The van der Waals surface area contributed by atoms with E-state index in [0.717, 1.165) is 27.6 Å². The van der Waals surface area contributed by atoms with Crippen molar-refractivity contribution in [2.75, 3.05) is 18.9 Å². The lowest BCUT2D eigenvalue weighted by Gasteiger charge is -2.19. The summed E-state index contributed by atoms with van der Waals surface area (Å²) in [5.41, 5.74) is 2.37. The molecule has 0 saturated carbocycles. The van der Waals surface area contributed by atoms with Gasteiger partial charge in [-0.1, -0.05) is 31.5 Å². The van der Waals surface area contributed by atoms with Crippen LogP contribution in [-0.4, -0.2) is 32.2 Å². The van der Waals surface area contributed by atoms with Gasteiger partial charge in [0.2, 0.25) is 15.9 Å². The number of carbonyl (C=O) groups excluding carboxylic acids is 1. The molecule has 2 rings (SSSR count). The van der Waals surface area contributed by atoms with E-state index in [1.807, 2.05) is 19.9 Å². The van der Waals surface area contributed by atoms with E-state index in [-0.39, 0.29) is 11.4 Å². The fraction of sp³-hybridized carbons (Fsp3) is 0.316. The zero-order valence-electron chi connectivity index (χ0n) is 15.4. The Labute approximate surface area is 164 Å². The van der Waals surface area contributed by atoms with Crippen molar-refractivity contribution in [2.45, 2.75) is 31.6 Å². The molecule has 0 saturated heterocycles. The van der Waals surface area contributed by atoms with Crippen LogP contribution in [0.1, 0.15) is 25.0 Å². The molecular weight excluding hydrogens is 391 g/mol. The number of likely N-dealkylation sites (N-methyl/N-ethyl adjacent to an activating group) is 1. The summed E-state index contributed by atoms with van der Waals surface area (Å²) in [4.78, 5) is 12.4. The topological polar surface area (TPSA) is 66.5 Å². The van der Waals surface area contributed by atoms with Crippen molar-refractivity contribution in [2.24, 2.45) is 0 Å². The number of nitrogens with zero attached hydrogens (tertiary/aromatic N) is 1. The van der Waals surface area contributed by atoms with E-state index < -0.39 is 21.7 Å². The summed E-state index contributed by atoms with van der Waals surface area (Å²) in [7, 11) is -2.60. The molecule has 2 aromatic carbocycles. The molecule has 0 radical (unpaired) electrons. The minimum atomic E-state index is -3.90. The average Bonchev–Trinajstić information content (AvgIpc) is 2.62. The van der Waals surface area contributed by atoms with Crippen LogP contribution in [0.25, 0.3) is 0 Å². The Morgan fingerprint density at radius 1 is 1.11 bits per heavy atom. The summed E-state index contributed by atoms with van der Waals surface area (Å²) < 4.78 is 39.0. The Kier molecular flexibility index (Phi) is 6.97. The molecule has 1 amide bonds. The SMILES string of the molecule is CCc1ccc(Cl)c(CC)c1NC(=O)CN(C)S(=O)(=O)c1ccc(F)cc1. The molecule has 0 fully saturated rings. The normalized spacial score (nSPS) is 11.6. The maximum Gasteiger partial charge on any atom is 0.243 e. The largest absolute Gasteiger partial charge is 0.324 e. The summed E-state index contributed by atoms with van der Waals surface area (Å²) in [6, 6.07) is 8.10. The maximum atomic E-state index is 13.0. The standard InChI is InChI=1S/C19H22ClFN2O3S/c1-4-13-6-11-17(20)16(5-2)19(13)22-18(24)12-23(3)27(25,26)15-9-7-14(21)8-10-15/h6-11H,4-5,12H2,1-3H3,(H,22,24). The first-order valence-electron chi connectivity index (χ1n) is 8.52. The van der Waals surface area contributed by atoms with E-state index in [0.29, 0.717) is 23.6 Å². The van der Waals surface area contributed by atoms with Crippen molar-refractivity contribution in [1.82, 2.24) is 4.31 Å². The summed E-state index contributed by atoms with van der Waals surface area (Å²) >= 11 is 6.22. The highest BCUT2D eigenvalue weighted by atomic mass is 35.5. The molecule has 0 aliphatic carbocycles. The zero-order valence-corrected chi connectivity index (χ0v) is 17.0. The Balaban J connectivity index is 2.21. The summed E-state index contributed by atoms with van der Waals surface area (Å²) in [5, 5.41) is 3.35. The van der Waals surface area contributed by atoms with Gasteiger partial charge in [0, 0.05) is 17.8 Å². The number of hydrogen-bond donors (Lipinski definition) is 1. The van der Waals surface area contributed by atoms with E-state index in [2.05, 4.69) is 5.32 Å². The Bertz CT molecular complexity index is 931. The molecule has 0 unspecified atom stereocenters. The molecule has 1 N–H and O–H groups in total. The minimum Gasteiger partial charge on any atom is -0.324 e. The van der Waals surface area contributed by atoms with Crippen LogP contribution < -0.4 is 5.32 Å². The van der Waals surface area contributed by atoms with Crippen molar-refractivity contribution in [3.8, 4) is 0 Å². The van der Waals surface area contributed by atoms with Gasteiger partial charge in [0.05, 0.1) is 11.4 Å². The van der Waals surface area contributed by atoms with Gasteiger partial charge in [0.25, 0.3) is 0 Å². The highest BCUT2D eigenvalue weighted by molar-refractivity contribution is 7.89. The summed E-state index contributed by atoms with van der Waals surface area (Å²) in [5.74, 6) is -1.01. The summed E-state index contributed by atoms with van der Waals surface area (Å²) in [6.07, 6.45) is 1.33. The van der Waals surface area contributed by atoms with Crippen LogP contribution in [0.3, 0.4) is 0 Å². The van der Waals surface area contributed by atoms with Crippen molar-refractivity contribution in [1.29, 1.82) is 0 Å². The average molecular weight is 413 g/mol. The lowest BCUT2D eigenvalue weighted by atomic mass is 10.0. The molecule has 8 heteroatoms. The van der Waals surface area contributed by atoms with Crippen LogP contribution >= 0.6 is 11.6 Å². The van der Waals surface area contributed by atoms with Crippen LogP contribution in [0, 0.1) is 5.82 Å². The first-order valence-corrected chi connectivity index (χ1v) is 10.3. The first-order chi connectivity index (χ1) is 12.7. The number of amides is 1. The Morgan fingerprint density at radius 2 is 1.74 bits per heavy atom. The van der Waals surface area contributed by atoms with Gasteiger partial charge in [-0.2, -0.15) is 4.31 Å². The molecule has 0 aromatic heterocycles. The van der Waals surface area contributed by atoms with Gasteiger partial charge in [0.15, 0.2) is 0 Å². The zero-order chi connectivity index (χ0) is 20.2. The van der Waals surface area contributed by atoms with Gasteiger partial charge in [-0.3, -0.25) is 4.79 Å². The number of aryl methyl sites for hydroxylation is 1. The number of carbonyl (C=O) groups is 1. The Morgan fingerprint density at radius 3 is 2.30 bits per heavy atom. The molecule has 5 nitrogen and oxygen atoms in total. The Hall–Kier alpha value is -1.96. The molecule has 0 aliphatic rings. The molecule has 146 valence electrons. The minimum absolute atomic E-state index is 0.0783. The number of sulfonamides is 1. The van der Waals surface area contributed by atoms with Gasteiger partial charge < -0.3 is 5.32 Å². The quantitative estimate of drug-likeness (QED) is 0.750. The van der Waals surface area contributed by atoms with E-state index in [1.54, 1.807) is 6.07 Å². The number of hydrogen-bond acceptors (Lipinski definition) is 3. The van der Waals surface area contributed by atoms with Crippen molar-refractivity contribution in [3.05, 3.63) is 58.4 Å². The van der Waals surface area contributed by atoms with Crippen LogP contribution in [0.5, 0.6) is 0 Å². The van der Waals surface area contributed by atoms with Crippen molar-refractivity contribution in [3.63, 3.8) is 0 Å². The van der Waals surface area contributed by atoms with Crippen LogP contribution in [0.2, 0.25) is 5.02 Å². The lowest BCUT2D eigenvalue weighted by molar-refractivity contribution is -0.116. The van der Waals surface area contributed by atoms with Gasteiger partial charge in [-0.05, 0) is 54.3 Å². The van der Waals surface area contributed by atoms with E-state index in [9.17, 15) is 17.6 Å². The third-order valence-corrected chi connectivity index (χ3v) is 6.40. The molecule has 27 heavy (non-hydrogen) atoms. The fourth-order valence-corrected chi connectivity index (χ4v) is 4.14. The number of benzene rings is 2. The van der Waals surface area contributed by atoms with E-state index in [1.165, 1.54) is 19.2 Å². The van der Waals surface area contributed by atoms with Gasteiger partial charge in [-0.15, -0.1) is 0 Å². The molecule has 0 aliphatic heterocycles. The maximum absolute atomic E-state index is 13.0. The molecule has 0 atom stereocenters. The molecular formula is C19H22ClFN2O3S. The predicted octanol–water partition coefficient (Wildman–Crippen LogP) is 3.86. The highest BCUT2D eigenvalue weighted by Gasteiger charge is 2.24. The number of nitrogens with one attached hydrogen (secondary N) is 1. The molecule has 0 spiro atoms. The molecule has 0 heterocycles. The van der Waals surface area contributed by atoms with E-state index in [4.69, 9.17) is 11.6 Å². The molecule has 0 bridgehead atoms. The number of rotatable bonds is 7. The molecule has 2 aromatic rings. The van der Waals surface area contributed by atoms with Gasteiger partial charge >= 0.3 is 0 Å².